The number of rotatable bonds is 3. The summed E-state index contributed by atoms with van der Waals surface area (Å²) < 4.78 is 0. The van der Waals surface area contributed by atoms with E-state index in [0.29, 0.717) is 16.1 Å². The first kappa shape index (κ1) is 17.5. The Balaban J connectivity index is 1.86. The Bertz CT molecular complexity index is 1000. The molecule has 2 aromatic carbocycles. The van der Waals surface area contributed by atoms with E-state index in [9.17, 15) is 20.0 Å². The number of carboxylic acids is 1. The van der Waals surface area contributed by atoms with Crippen LogP contribution in [0.4, 0.5) is 11.4 Å². The Hall–Kier alpha value is -2.86. The predicted octanol–water partition coefficient (Wildman–Crippen LogP) is 5.08. The van der Waals surface area contributed by atoms with E-state index in [0.717, 1.165) is 17.7 Å². The first-order chi connectivity index (χ1) is 12.9. The molecule has 0 fully saturated rings. The molecular weight excluding hydrogens is 368 g/mol. The van der Waals surface area contributed by atoms with Gasteiger partial charge in [-0.25, -0.2) is 4.79 Å². The zero-order valence-electron chi connectivity index (χ0n) is 14.5. The second-order valence-corrected chi connectivity index (χ2v) is 7.35. The van der Waals surface area contributed by atoms with Gasteiger partial charge in [-0.05, 0) is 42.5 Å². The number of nitro groups is 1. The molecular formula is C20H17ClN2O4. The standard InChI is InChI=1S/C20H17ClN2O4/c1-10-12(20(24)25)6-7-15-13-3-2-4-14(13)19(22-18(10)15)16-9-11(23(26)27)5-8-17(16)21/h2-3,5-9,13-14,19,22H,4H2,1H3,(H,24,25)/t13-,14+,19-/m1/s1. The van der Waals surface area contributed by atoms with Gasteiger partial charge in [-0.2, -0.15) is 0 Å². The van der Waals surface area contributed by atoms with Crippen LogP contribution < -0.4 is 5.32 Å². The fourth-order valence-corrected chi connectivity index (χ4v) is 4.47. The smallest absolute Gasteiger partial charge is 0.336 e. The van der Waals surface area contributed by atoms with Gasteiger partial charge in [-0.3, -0.25) is 10.1 Å². The molecule has 0 aromatic heterocycles. The van der Waals surface area contributed by atoms with Crippen LogP contribution in [0.1, 0.15) is 45.4 Å². The van der Waals surface area contributed by atoms with Crippen LogP contribution in [0.15, 0.2) is 42.5 Å². The van der Waals surface area contributed by atoms with Crippen LogP contribution in [0.3, 0.4) is 0 Å². The third-order valence-corrected chi connectivity index (χ3v) is 5.90. The van der Waals surface area contributed by atoms with Crippen molar-refractivity contribution < 1.29 is 14.8 Å². The number of benzene rings is 2. The lowest BCUT2D eigenvalue weighted by Crippen LogP contribution is -2.30. The molecule has 6 nitrogen and oxygen atoms in total. The van der Waals surface area contributed by atoms with Crippen LogP contribution in [0, 0.1) is 23.0 Å². The Kier molecular flexibility index (Phi) is 4.15. The predicted molar refractivity (Wildman–Crippen MR) is 103 cm³/mol. The molecule has 1 aliphatic heterocycles. The number of anilines is 1. The van der Waals surface area contributed by atoms with E-state index in [1.807, 2.05) is 6.07 Å². The number of nitrogens with one attached hydrogen (secondary N) is 1. The molecule has 0 saturated carbocycles. The lowest BCUT2D eigenvalue weighted by atomic mass is 9.76. The van der Waals surface area contributed by atoms with Gasteiger partial charge >= 0.3 is 5.97 Å². The lowest BCUT2D eigenvalue weighted by Gasteiger charge is -2.38. The Labute approximate surface area is 160 Å². The average molecular weight is 385 g/mol. The zero-order chi connectivity index (χ0) is 19.3. The number of nitro benzene ring substituents is 1. The summed E-state index contributed by atoms with van der Waals surface area (Å²) in [6, 6.07) is 7.70. The molecule has 138 valence electrons. The molecule has 1 heterocycles. The molecule has 0 saturated heterocycles. The number of aromatic carboxylic acids is 1. The fourth-order valence-electron chi connectivity index (χ4n) is 4.24. The number of fused-ring (bicyclic) bond motifs is 3. The maximum Gasteiger partial charge on any atom is 0.336 e. The van der Waals surface area contributed by atoms with Crippen molar-refractivity contribution in [2.75, 3.05) is 5.32 Å². The number of non-ortho nitro benzene ring substituents is 1. The van der Waals surface area contributed by atoms with Crippen LogP contribution in [0.2, 0.25) is 5.02 Å². The molecule has 0 bridgehead atoms. The minimum atomic E-state index is -0.980. The summed E-state index contributed by atoms with van der Waals surface area (Å²) in [6.45, 7) is 1.78. The maximum atomic E-state index is 11.5. The second-order valence-electron chi connectivity index (χ2n) is 6.95. The summed E-state index contributed by atoms with van der Waals surface area (Å²) in [5, 5.41) is 24.6. The van der Waals surface area contributed by atoms with Crippen molar-refractivity contribution in [3.8, 4) is 0 Å². The van der Waals surface area contributed by atoms with E-state index >= 15 is 0 Å². The zero-order valence-corrected chi connectivity index (χ0v) is 15.2. The van der Waals surface area contributed by atoms with Gasteiger partial charge in [-0.1, -0.05) is 29.8 Å². The molecule has 1 aliphatic carbocycles. The van der Waals surface area contributed by atoms with Gasteiger partial charge < -0.3 is 10.4 Å². The minimum Gasteiger partial charge on any atom is -0.478 e. The summed E-state index contributed by atoms with van der Waals surface area (Å²) in [5.41, 5.74) is 3.37. The number of allylic oxidation sites excluding steroid dienone is 2. The highest BCUT2D eigenvalue weighted by molar-refractivity contribution is 6.31. The molecule has 0 unspecified atom stereocenters. The largest absolute Gasteiger partial charge is 0.478 e. The molecule has 4 rings (SSSR count). The molecule has 7 heteroatoms. The third kappa shape index (κ3) is 2.77. The number of carbonyl (C=O) groups is 1. The highest BCUT2D eigenvalue weighted by Crippen LogP contribution is 2.52. The summed E-state index contributed by atoms with van der Waals surface area (Å²) >= 11 is 6.40. The van der Waals surface area contributed by atoms with Crippen molar-refractivity contribution in [3.63, 3.8) is 0 Å². The molecule has 0 amide bonds. The van der Waals surface area contributed by atoms with Crippen molar-refractivity contribution in [2.45, 2.75) is 25.3 Å². The number of hydrogen-bond acceptors (Lipinski definition) is 4. The Morgan fingerprint density at radius 2 is 2.07 bits per heavy atom. The highest BCUT2D eigenvalue weighted by atomic mass is 35.5. The van der Waals surface area contributed by atoms with Crippen LogP contribution in [0.25, 0.3) is 0 Å². The number of halogens is 1. The summed E-state index contributed by atoms with van der Waals surface area (Å²) in [4.78, 5) is 22.3. The van der Waals surface area contributed by atoms with E-state index in [4.69, 9.17) is 11.6 Å². The monoisotopic (exact) mass is 384 g/mol. The molecule has 2 aromatic rings. The highest BCUT2D eigenvalue weighted by Gasteiger charge is 2.40. The molecule has 2 N–H and O–H groups in total. The van der Waals surface area contributed by atoms with E-state index in [-0.39, 0.29) is 29.1 Å². The number of carboxylic acid groups (broad SMARTS) is 1. The topological polar surface area (TPSA) is 92.5 Å². The number of nitrogens with zero attached hydrogens (tertiary/aromatic N) is 1. The lowest BCUT2D eigenvalue weighted by molar-refractivity contribution is -0.384. The first-order valence-electron chi connectivity index (χ1n) is 8.62. The van der Waals surface area contributed by atoms with Gasteiger partial charge in [0.05, 0.1) is 16.5 Å². The van der Waals surface area contributed by atoms with Crippen molar-refractivity contribution in [1.82, 2.24) is 0 Å². The van der Waals surface area contributed by atoms with E-state index in [2.05, 4.69) is 17.5 Å². The third-order valence-electron chi connectivity index (χ3n) is 5.55. The SMILES string of the molecule is Cc1c(C(=O)O)ccc2c1N[C@@H](c1cc([N+](=O)[O-])ccc1Cl)[C@H]1CC=C[C@@H]21. The van der Waals surface area contributed by atoms with Gasteiger partial charge in [-0.15, -0.1) is 0 Å². The van der Waals surface area contributed by atoms with Crippen molar-refractivity contribution in [1.29, 1.82) is 0 Å². The molecule has 27 heavy (non-hydrogen) atoms. The van der Waals surface area contributed by atoms with E-state index in [1.54, 1.807) is 19.1 Å². The van der Waals surface area contributed by atoms with Crippen LogP contribution in [0.5, 0.6) is 0 Å². The van der Waals surface area contributed by atoms with Crippen molar-refractivity contribution >= 4 is 28.9 Å². The minimum absolute atomic E-state index is 0.0134. The van der Waals surface area contributed by atoms with Crippen molar-refractivity contribution in [2.24, 2.45) is 5.92 Å². The second kappa shape index (κ2) is 6.39. The van der Waals surface area contributed by atoms with Crippen LogP contribution >= 0.6 is 11.6 Å². The summed E-state index contributed by atoms with van der Waals surface area (Å²) in [5.74, 6) is -0.707. The normalized spacial score (nSPS) is 22.7. The first-order valence-corrected chi connectivity index (χ1v) is 9.00. The quantitative estimate of drug-likeness (QED) is 0.437. The van der Waals surface area contributed by atoms with Gasteiger partial charge in [0.25, 0.3) is 5.69 Å². The molecule has 3 atom stereocenters. The maximum absolute atomic E-state index is 11.5. The van der Waals surface area contributed by atoms with Crippen LogP contribution in [-0.4, -0.2) is 16.0 Å². The Morgan fingerprint density at radius 3 is 2.78 bits per heavy atom. The summed E-state index contributed by atoms with van der Waals surface area (Å²) in [7, 11) is 0. The molecule has 2 aliphatic rings. The number of hydrogen-bond donors (Lipinski definition) is 2. The molecule has 0 radical (unpaired) electrons. The average Bonchev–Trinajstić information content (AvgIpc) is 3.11. The Morgan fingerprint density at radius 1 is 1.30 bits per heavy atom. The van der Waals surface area contributed by atoms with Gasteiger partial charge in [0, 0.05) is 34.3 Å². The van der Waals surface area contributed by atoms with Gasteiger partial charge in [0.2, 0.25) is 0 Å². The van der Waals surface area contributed by atoms with Gasteiger partial charge in [0.1, 0.15) is 0 Å². The fraction of sp³-hybridized carbons (Fsp3) is 0.250. The van der Waals surface area contributed by atoms with E-state index in [1.165, 1.54) is 12.1 Å². The van der Waals surface area contributed by atoms with Crippen molar-refractivity contribution in [3.05, 3.63) is 79.9 Å². The summed E-state index contributed by atoms with van der Waals surface area (Å²) in [6.07, 6.45) is 5.05. The molecule has 0 spiro atoms. The van der Waals surface area contributed by atoms with E-state index < -0.39 is 10.9 Å². The van der Waals surface area contributed by atoms with Crippen LogP contribution in [-0.2, 0) is 0 Å². The van der Waals surface area contributed by atoms with Gasteiger partial charge in [0.15, 0.2) is 0 Å².